The lowest BCUT2D eigenvalue weighted by atomic mass is 10.0. The van der Waals surface area contributed by atoms with E-state index >= 15 is 0 Å². The molecule has 7 heteroatoms. The maximum atomic E-state index is 13.2. The summed E-state index contributed by atoms with van der Waals surface area (Å²) < 4.78 is 17.4. The summed E-state index contributed by atoms with van der Waals surface area (Å²) in [6.07, 6.45) is 2.61. The molecule has 1 fully saturated rings. The van der Waals surface area contributed by atoms with Gasteiger partial charge in [0.1, 0.15) is 18.0 Å². The van der Waals surface area contributed by atoms with Gasteiger partial charge in [-0.05, 0) is 30.2 Å². The van der Waals surface area contributed by atoms with Gasteiger partial charge in [0.25, 0.3) is 5.91 Å². The number of amides is 1. The van der Waals surface area contributed by atoms with Gasteiger partial charge in [-0.2, -0.15) is 0 Å². The zero-order valence-electron chi connectivity index (χ0n) is 16.5. The minimum atomic E-state index is -0.297. The molecule has 1 saturated heterocycles. The van der Waals surface area contributed by atoms with Crippen LogP contribution in [0.25, 0.3) is 0 Å². The zero-order valence-corrected chi connectivity index (χ0v) is 16.5. The van der Waals surface area contributed by atoms with Crippen LogP contribution in [0.15, 0.2) is 60.9 Å². The van der Waals surface area contributed by atoms with E-state index in [-0.39, 0.29) is 24.9 Å². The SMILES string of the molecule is Cc1ncc(C(=O)N2C[C@@H](c3ccccc3)O[C@@H](c3ccc4c(c3)OCO4)C2)cn1. The highest BCUT2D eigenvalue weighted by atomic mass is 16.7. The summed E-state index contributed by atoms with van der Waals surface area (Å²) in [7, 11) is 0. The second-order valence-electron chi connectivity index (χ2n) is 7.37. The molecule has 1 aromatic heterocycles. The number of benzene rings is 2. The lowest BCUT2D eigenvalue weighted by Crippen LogP contribution is -2.43. The Hall–Kier alpha value is -3.45. The minimum absolute atomic E-state index is 0.107. The smallest absolute Gasteiger partial charge is 0.257 e. The minimum Gasteiger partial charge on any atom is -0.454 e. The fourth-order valence-electron chi connectivity index (χ4n) is 3.76. The summed E-state index contributed by atoms with van der Waals surface area (Å²) in [4.78, 5) is 23.3. The van der Waals surface area contributed by atoms with Crippen LogP contribution in [0.1, 0.15) is 39.5 Å². The molecule has 0 unspecified atom stereocenters. The third-order valence-corrected chi connectivity index (χ3v) is 5.36. The van der Waals surface area contributed by atoms with Crippen molar-refractivity contribution in [3.05, 3.63) is 83.4 Å². The molecule has 152 valence electrons. The first-order chi connectivity index (χ1) is 14.7. The average Bonchev–Trinajstić information content (AvgIpc) is 3.27. The third-order valence-electron chi connectivity index (χ3n) is 5.36. The van der Waals surface area contributed by atoms with Crippen molar-refractivity contribution < 1.29 is 19.0 Å². The van der Waals surface area contributed by atoms with Gasteiger partial charge in [0.05, 0.1) is 18.7 Å². The number of carbonyl (C=O) groups excluding carboxylic acids is 1. The van der Waals surface area contributed by atoms with Crippen molar-refractivity contribution in [1.82, 2.24) is 14.9 Å². The van der Waals surface area contributed by atoms with E-state index in [9.17, 15) is 4.79 Å². The predicted molar refractivity (Wildman–Crippen MR) is 108 cm³/mol. The van der Waals surface area contributed by atoms with Crippen molar-refractivity contribution in [3.63, 3.8) is 0 Å². The van der Waals surface area contributed by atoms with E-state index in [4.69, 9.17) is 14.2 Å². The molecule has 0 radical (unpaired) electrons. The highest BCUT2D eigenvalue weighted by Crippen LogP contribution is 2.38. The normalized spacial score (nSPS) is 20.2. The van der Waals surface area contributed by atoms with Gasteiger partial charge in [-0.1, -0.05) is 36.4 Å². The van der Waals surface area contributed by atoms with E-state index < -0.39 is 0 Å². The molecule has 7 nitrogen and oxygen atoms in total. The molecule has 0 saturated carbocycles. The van der Waals surface area contributed by atoms with Crippen molar-refractivity contribution in [2.45, 2.75) is 19.1 Å². The standard InChI is InChI=1S/C23H21N3O4/c1-15-24-10-18(11-25-15)23(27)26-12-21(16-5-3-2-4-6-16)30-22(13-26)17-7-8-19-20(9-17)29-14-28-19/h2-11,21-22H,12-14H2,1H3/t21-,22+/m0/s1. The second kappa shape index (κ2) is 7.76. The van der Waals surface area contributed by atoms with Crippen LogP contribution in [-0.4, -0.2) is 40.7 Å². The van der Waals surface area contributed by atoms with Crippen molar-refractivity contribution in [3.8, 4) is 11.5 Å². The Kier molecular flexibility index (Phi) is 4.80. The average molecular weight is 403 g/mol. The first kappa shape index (κ1) is 18.6. The Morgan fingerprint density at radius 2 is 1.63 bits per heavy atom. The Bertz CT molecular complexity index is 1060. The number of nitrogens with zero attached hydrogens (tertiary/aromatic N) is 3. The Morgan fingerprint density at radius 1 is 0.933 bits per heavy atom. The highest BCUT2D eigenvalue weighted by Gasteiger charge is 2.33. The van der Waals surface area contributed by atoms with Gasteiger partial charge in [0.2, 0.25) is 6.79 Å². The molecule has 3 heterocycles. The summed E-state index contributed by atoms with van der Waals surface area (Å²) in [5, 5.41) is 0. The lowest BCUT2D eigenvalue weighted by molar-refractivity contribution is -0.0797. The van der Waals surface area contributed by atoms with Crippen LogP contribution in [0.4, 0.5) is 0 Å². The number of rotatable bonds is 3. The molecule has 0 spiro atoms. The topological polar surface area (TPSA) is 73.8 Å². The molecular weight excluding hydrogens is 382 g/mol. The van der Waals surface area contributed by atoms with E-state index in [1.165, 1.54) is 0 Å². The maximum absolute atomic E-state index is 13.2. The monoisotopic (exact) mass is 403 g/mol. The summed E-state index contributed by atoms with van der Waals surface area (Å²) in [6.45, 7) is 2.90. The summed E-state index contributed by atoms with van der Waals surface area (Å²) in [5.41, 5.74) is 2.44. The van der Waals surface area contributed by atoms with Crippen LogP contribution >= 0.6 is 0 Å². The fourth-order valence-corrected chi connectivity index (χ4v) is 3.76. The van der Waals surface area contributed by atoms with Crippen LogP contribution in [0.2, 0.25) is 0 Å². The number of aryl methyl sites for hydroxylation is 1. The first-order valence-corrected chi connectivity index (χ1v) is 9.85. The molecule has 2 aliphatic rings. The molecule has 1 amide bonds. The van der Waals surface area contributed by atoms with Gasteiger partial charge in [-0.25, -0.2) is 9.97 Å². The van der Waals surface area contributed by atoms with Crippen LogP contribution < -0.4 is 9.47 Å². The number of ether oxygens (including phenoxy) is 3. The van der Waals surface area contributed by atoms with Gasteiger partial charge < -0.3 is 19.1 Å². The van der Waals surface area contributed by atoms with Gasteiger partial charge in [-0.15, -0.1) is 0 Å². The first-order valence-electron chi connectivity index (χ1n) is 9.85. The van der Waals surface area contributed by atoms with E-state index in [1.54, 1.807) is 19.3 Å². The van der Waals surface area contributed by atoms with Crippen molar-refractivity contribution in [2.75, 3.05) is 19.9 Å². The van der Waals surface area contributed by atoms with Crippen molar-refractivity contribution in [1.29, 1.82) is 0 Å². The number of morpholine rings is 1. The van der Waals surface area contributed by atoms with E-state index in [0.29, 0.717) is 30.2 Å². The second-order valence-corrected chi connectivity index (χ2v) is 7.37. The van der Waals surface area contributed by atoms with E-state index in [1.807, 2.05) is 53.4 Å². The predicted octanol–water partition coefficient (Wildman–Crippen LogP) is 3.47. The molecular formula is C23H21N3O4. The number of carbonyl (C=O) groups is 1. The molecule has 2 aliphatic heterocycles. The molecule has 5 rings (SSSR count). The number of hydrogen-bond donors (Lipinski definition) is 0. The summed E-state index contributed by atoms with van der Waals surface area (Å²) >= 11 is 0. The van der Waals surface area contributed by atoms with E-state index in [0.717, 1.165) is 16.9 Å². The highest BCUT2D eigenvalue weighted by molar-refractivity contribution is 5.93. The van der Waals surface area contributed by atoms with Crippen LogP contribution in [0.3, 0.4) is 0 Å². The zero-order chi connectivity index (χ0) is 20.5. The summed E-state index contributed by atoms with van der Waals surface area (Å²) in [5.74, 6) is 1.94. The Morgan fingerprint density at radius 3 is 2.40 bits per heavy atom. The Labute approximate surface area is 174 Å². The van der Waals surface area contributed by atoms with Crippen LogP contribution in [-0.2, 0) is 4.74 Å². The van der Waals surface area contributed by atoms with Crippen molar-refractivity contribution >= 4 is 5.91 Å². The number of fused-ring (bicyclic) bond motifs is 1. The third kappa shape index (κ3) is 3.59. The quantitative estimate of drug-likeness (QED) is 0.667. The summed E-state index contributed by atoms with van der Waals surface area (Å²) in [6, 6.07) is 15.7. The Balaban J connectivity index is 1.46. The lowest BCUT2D eigenvalue weighted by Gasteiger charge is -2.38. The fraction of sp³-hybridized carbons (Fsp3) is 0.261. The molecule has 0 bridgehead atoms. The van der Waals surface area contributed by atoms with Crippen LogP contribution in [0.5, 0.6) is 11.5 Å². The number of hydrogen-bond acceptors (Lipinski definition) is 6. The van der Waals surface area contributed by atoms with Gasteiger partial charge >= 0.3 is 0 Å². The van der Waals surface area contributed by atoms with Gasteiger partial charge in [0.15, 0.2) is 11.5 Å². The van der Waals surface area contributed by atoms with Crippen LogP contribution in [0, 0.1) is 6.92 Å². The number of aromatic nitrogens is 2. The van der Waals surface area contributed by atoms with E-state index in [2.05, 4.69) is 9.97 Å². The maximum Gasteiger partial charge on any atom is 0.257 e. The molecule has 0 N–H and O–H groups in total. The molecule has 0 aliphatic carbocycles. The molecule has 2 atom stereocenters. The molecule has 3 aromatic rings. The largest absolute Gasteiger partial charge is 0.454 e. The molecule has 30 heavy (non-hydrogen) atoms. The van der Waals surface area contributed by atoms with Gasteiger partial charge in [-0.3, -0.25) is 4.79 Å². The molecule has 2 aromatic carbocycles. The van der Waals surface area contributed by atoms with Gasteiger partial charge in [0, 0.05) is 12.4 Å². The van der Waals surface area contributed by atoms with Crippen molar-refractivity contribution in [2.24, 2.45) is 0 Å².